The molecule has 1 atom stereocenters. The van der Waals surface area contributed by atoms with Gasteiger partial charge in [-0.25, -0.2) is 0 Å². The fourth-order valence-corrected chi connectivity index (χ4v) is 3.43. The molecule has 2 aromatic heterocycles. The van der Waals surface area contributed by atoms with Gasteiger partial charge >= 0.3 is 0 Å². The van der Waals surface area contributed by atoms with Gasteiger partial charge in [0.1, 0.15) is 11.3 Å². The number of benzene rings is 1. The molecule has 4 nitrogen and oxygen atoms in total. The van der Waals surface area contributed by atoms with Crippen molar-refractivity contribution in [3.05, 3.63) is 57.4 Å². The van der Waals surface area contributed by atoms with E-state index in [1.807, 2.05) is 37.3 Å². The minimum absolute atomic E-state index is 0.0709. The predicted octanol–water partition coefficient (Wildman–Crippen LogP) is 4.99. The molecule has 0 fully saturated rings. The van der Waals surface area contributed by atoms with Crippen LogP contribution in [-0.4, -0.2) is 11.7 Å². The summed E-state index contributed by atoms with van der Waals surface area (Å²) in [6.07, 6.45) is 0.300. The molecule has 1 amide bonds. The maximum absolute atomic E-state index is 12.1. The Morgan fingerprint density at radius 3 is 2.71 bits per heavy atom. The number of halogens is 1. The smallest absolute Gasteiger partial charge is 0.221 e. The number of furan rings is 1. The second-order valence-electron chi connectivity index (χ2n) is 5.50. The zero-order chi connectivity index (χ0) is 17.1. The molecule has 6 heteroatoms. The van der Waals surface area contributed by atoms with Crippen LogP contribution in [0.1, 0.15) is 41.2 Å². The van der Waals surface area contributed by atoms with Crippen LogP contribution in [0.2, 0.25) is 4.34 Å². The number of carbonyl (C=O) groups is 2. The van der Waals surface area contributed by atoms with E-state index in [0.29, 0.717) is 15.0 Å². The van der Waals surface area contributed by atoms with Crippen LogP contribution in [-0.2, 0) is 4.79 Å². The van der Waals surface area contributed by atoms with Crippen LogP contribution >= 0.6 is 22.9 Å². The Bertz CT molecular complexity index is 850. The second kappa shape index (κ2) is 7.20. The van der Waals surface area contributed by atoms with Gasteiger partial charge in [0, 0.05) is 18.2 Å². The highest BCUT2D eigenvalue weighted by Gasteiger charge is 2.16. The average Bonchev–Trinajstić information content (AvgIpc) is 3.18. The van der Waals surface area contributed by atoms with E-state index in [4.69, 9.17) is 16.0 Å². The Morgan fingerprint density at radius 2 is 2.00 bits per heavy atom. The molecule has 124 valence electrons. The molecule has 1 aromatic carbocycles. The lowest BCUT2D eigenvalue weighted by molar-refractivity contribution is -0.121. The van der Waals surface area contributed by atoms with Crippen molar-refractivity contribution in [2.24, 2.45) is 0 Å². The summed E-state index contributed by atoms with van der Waals surface area (Å²) in [5.41, 5.74) is 0.790. The highest BCUT2D eigenvalue weighted by Crippen LogP contribution is 2.24. The lowest BCUT2D eigenvalue weighted by Crippen LogP contribution is -2.26. The molecule has 1 unspecified atom stereocenters. The molecule has 0 aliphatic rings. The molecule has 0 bridgehead atoms. The SMILES string of the molecule is CC(NC(=O)CCC(=O)c1ccc(Cl)s1)c1cc2ccccc2o1. The molecule has 1 N–H and O–H groups in total. The molecule has 0 aliphatic carbocycles. The summed E-state index contributed by atoms with van der Waals surface area (Å²) in [5.74, 6) is 0.443. The topological polar surface area (TPSA) is 59.3 Å². The Hall–Kier alpha value is -2.11. The molecule has 3 rings (SSSR count). The van der Waals surface area contributed by atoms with Crippen molar-refractivity contribution in [1.82, 2.24) is 5.32 Å². The second-order valence-corrected chi connectivity index (χ2v) is 7.22. The highest BCUT2D eigenvalue weighted by atomic mass is 35.5. The summed E-state index contributed by atoms with van der Waals surface area (Å²) in [7, 11) is 0. The standard InChI is InChI=1S/C18H16ClNO3S/c1-11(15-10-12-4-2-3-5-14(12)23-15)20-18(22)9-6-13(21)16-7-8-17(19)24-16/h2-5,7-8,10-11H,6,9H2,1H3,(H,20,22). The van der Waals surface area contributed by atoms with Crippen LogP contribution in [0.3, 0.4) is 0 Å². The number of Topliss-reactive ketones (excluding diaryl/α,β-unsaturated/α-hetero) is 1. The number of carbonyl (C=O) groups excluding carboxylic acids is 2. The van der Waals surface area contributed by atoms with Crippen molar-refractivity contribution in [3.63, 3.8) is 0 Å². The van der Waals surface area contributed by atoms with Gasteiger partial charge in [-0.15, -0.1) is 11.3 Å². The normalized spacial score (nSPS) is 12.2. The third kappa shape index (κ3) is 3.86. The number of ketones is 1. The number of thiophene rings is 1. The van der Waals surface area contributed by atoms with Crippen LogP contribution in [0.25, 0.3) is 11.0 Å². The van der Waals surface area contributed by atoms with Crippen molar-refractivity contribution in [2.45, 2.75) is 25.8 Å². The van der Waals surface area contributed by atoms with E-state index in [0.717, 1.165) is 11.0 Å². The third-order valence-corrected chi connectivity index (χ3v) is 4.95. The van der Waals surface area contributed by atoms with Gasteiger partial charge in [-0.1, -0.05) is 29.8 Å². The quantitative estimate of drug-likeness (QED) is 0.629. The van der Waals surface area contributed by atoms with Crippen molar-refractivity contribution in [1.29, 1.82) is 0 Å². The molecule has 0 saturated heterocycles. The van der Waals surface area contributed by atoms with Crippen molar-refractivity contribution < 1.29 is 14.0 Å². The molecular formula is C18H16ClNO3S. The number of fused-ring (bicyclic) bond motifs is 1. The van der Waals surface area contributed by atoms with Crippen molar-refractivity contribution in [3.8, 4) is 0 Å². The fraction of sp³-hybridized carbons (Fsp3) is 0.222. The van der Waals surface area contributed by atoms with E-state index in [9.17, 15) is 9.59 Å². The van der Waals surface area contributed by atoms with E-state index in [-0.39, 0.29) is 30.6 Å². The number of hydrogen-bond acceptors (Lipinski definition) is 4. The van der Waals surface area contributed by atoms with Crippen molar-refractivity contribution >= 4 is 45.6 Å². The van der Waals surface area contributed by atoms with Gasteiger partial charge in [0.15, 0.2) is 5.78 Å². The molecule has 0 radical (unpaired) electrons. The van der Waals surface area contributed by atoms with E-state index < -0.39 is 0 Å². The van der Waals surface area contributed by atoms with Crippen LogP contribution in [0.5, 0.6) is 0 Å². The summed E-state index contributed by atoms with van der Waals surface area (Å²) >= 11 is 7.04. The number of rotatable bonds is 6. The minimum atomic E-state index is -0.254. The van der Waals surface area contributed by atoms with E-state index in [1.54, 1.807) is 12.1 Å². The first kappa shape index (κ1) is 16.7. The fourth-order valence-electron chi connectivity index (χ4n) is 2.41. The average molecular weight is 362 g/mol. The first-order valence-electron chi connectivity index (χ1n) is 7.59. The van der Waals surface area contributed by atoms with Crippen LogP contribution in [0.4, 0.5) is 0 Å². The predicted molar refractivity (Wildman–Crippen MR) is 95.7 cm³/mol. The first-order chi connectivity index (χ1) is 11.5. The number of nitrogens with one attached hydrogen (secondary N) is 1. The lowest BCUT2D eigenvalue weighted by Gasteiger charge is -2.10. The molecule has 2 heterocycles. The summed E-state index contributed by atoms with van der Waals surface area (Å²) in [6, 6.07) is 12.7. The van der Waals surface area contributed by atoms with Gasteiger partial charge < -0.3 is 9.73 Å². The number of hydrogen-bond donors (Lipinski definition) is 1. The summed E-state index contributed by atoms with van der Waals surface area (Å²) in [4.78, 5) is 24.6. The first-order valence-corrected chi connectivity index (χ1v) is 8.79. The number of para-hydroxylation sites is 1. The molecule has 0 saturated carbocycles. The minimum Gasteiger partial charge on any atom is -0.459 e. The molecule has 3 aromatic rings. The number of amides is 1. The van der Waals surface area contributed by atoms with E-state index >= 15 is 0 Å². The highest BCUT2D eigenvalue weighted by molar-refractivity contribution is 7.18. The van der Waals surface area contributed by atoms with E-state index in [1.165, 1.54) is 11.3 Å². The molecule has 24 heavy (non-hydrogen) atoms. The van der Waals surface area contributed by atoms with Crippen molar-refractivity contribution in [2.75, 3.05) is 0 Å². The Balaban J connectivity index is 1.55. The van der Waals surface area contributed by atoms with Crippen LogP contribution < -0.4 is 5.32 Å². The van der Waals surface area contributed by atoms with Gasteiger partial charge in [0.2, 0.25) is 5.91 Å². The summed E-state index contributed by atoms with van der Waals surface area (Å²) in [5, 5.41) is 3.86. The van der Waals surface area contributed by atoms with Crippen LogP contribution in [0, 0.1) is 0 Å². The van der Waals surface area contributed by atoms with Gasteiger partial charge in [0.05, 0.1) is 15.3 Å². The molecular weight excluding hydrogens is 346 g/mol. The Morgan fingerprint density at radius 1 is 1.21 bits per heavy atom. The lowest BCUT2D eigenvalue weighted by atomic mass is 10.1. The maximum Gasteiger partial charge on any atom is 0.221 e. The van der Waals surface area contributed by atoms with Gasteiger partial charge in [-0.05, 0) is 31.2 Å². The Labute approximate surface area is 148 Å². The zero-order valence-electron chi connectivity index (χ0n) is 13.0. The van der Waals surface area contributed by atoms with E-state index in [2.05, 4.69) is 5.32 Å². The molecule has 0 aliphatic heterocycles. The Kier molecular flexibility index (Phi) is 5.02. The van der Waals surface area contributed by atoms with Gasteiger partial charge in [-0.3, -0.25) is 9.59 Å². The third-order valence-electron chi connectivity index (χ3n) is 3.68. The molecule has 0 spiro atoms. The van der Waals surface area contributed by atoms with Gasteiger partial charge in [-0.2, -0.15) is 0 Å². The summed E-state index contributed by atoms with van der Waals surface area (Å²) < 4.78 is 6.30. The van der Waals surface area contributed by atoms with Gasteiger partial charge in [0.25, 0.3) is 0 Å². The maximum atomic E-state index is 12.1. The van der Waals surface area contributed by atoms with Crippen LogP contribution in [0.15, 0.2) is 46.9 Å². The summed E-state index contributed by atoms with van der Waals surface area (Å²) in [6.45, 7) is 1.86. The largest absolute Gasteiger partial charge is 0.459 e. The zero-order valence-corrected chi connectivity index (χ0v) is 14.6. The monoisotopic (exact) mass is 361 g/mol.